The first-order valence-electron chi connectivity index (χ1n) is 8.15. The van der Waals surface area contributed by atoms with Gasteiger partial charge in [-0.15, -0.1) is 0 Å². The molecule has 3 unspecified atom stereocenters. The topological polar surface area (TPSA) is 162 Å². The standard InChI is InChI=1S/C15H26N4O6/c1-8(2)12(16)14(24)18-9(7-20)15(25)19-5-3-4-10(19)13(23)17-6-11(21)22/h8-10,12,20H,3-7,16H2,1-2H3,(H,17,23)(H,18,24)(H,21,22). The van der Waals surface area contributed by atoms with Crippen LogP contribution in [-0.2, 0) is 19.2 Å². The van der Waals surface area contributed by atoms with Crippen molar-refractivity contribution in [3.63, 3.8) is 0 Å². The number of rotatable bonds is 8. The van der Waals surface area contributed by atoms with E-state index in [9.17, 15) is 24.3 Å². The van der Waals surface area contributed by atoms with Crippen molar-refractivity contribution >= 4 is 23.7 Å². The van der Waals surface area contributed by atoms with Gasteiger partial charge in [0.2, 0.25) is 17.7 Å². The number of hydrogen-bond acceptors (Lipinski definition) is 6. The number of likely N-dealkylation sites (tertiary alicyclic amines) is 1. The Kier molecular flexibility index (Phi) is 7.78. The molecule has 25 heavy (non-hydrogen) atoms. The maximum absolute atomic E-state index is 12.6. The van der Waals surface area contributed by atoms with E-state index in [1.807, 2.05) is 0 Å². The Balaban J connectivity index is 2.75. The highest BCUT2D eigenvalue weighted by molar-refractivity contribution is 5.94. The minimum atomic E-state index is -1.20. The van der Waals surface area contributed by atoms with Crippen molar-refractivity contribution in [3.05, 3.63) is 0 Å². The molecule has 142 valence electrons. The molecule has 3 amide bonds. The highest BCUT2D eigenvalue weighted by Crippen LogP contribution is 2.18. The SMILES string of the molecule is CC(C)C(N)C(=O)NC(CO)C(=O)N1CCCC1C(=O)NCC(=O)O. The van der Waals surface area contributed by atoms with Crippen molar-refractivity contribution in [2.24, 2.45) is 11.7 Å². The molecule has 0 aromatic heterocycles. The molecule has 6 N–H and O–H groups in total. The first-order chi connectivity index (χ1) is 11.7. The minimum absolute atomic E-state index is 0.143. The number of nitrogens with two attached hydrogens (primary N) is 1. The summed E-state index contributed by atoms with van der Waals surface area (Å²) in [5, 5.41) is 22.7. The van der Waals surface area contributed by atoms with E-state index in [1.54, 1.807) is 13.8 Å². The molecular weight excluding hydrogens is 332 g/mol. The lowest BCUT2D eigenvalue weighted by Crippen LogP contribution is -2.57. The lowest BCUT2D eigenvalue weighted by molar-refractivity contribution is -0.143. The maximum Gasteiger partial charge on any atom is 0.322 e. The minimum Gasteiger partial charge on any atom is -0.480 e. The lowest BCUT2D eigenvalue weighted by atomic mass is 10.0. The van der Waals surface area contributed by atoms with Gasteiger partial charge in [-0.25, -0.2) is 0 Å². The van der Waals surface area contributed by atoms with Gasteiger partial charge >= 0.3 is 5.97 Å². The third-order valence-corrected chi connectivity index (χ3v) is 4.07. The number of carboxylic acid groups (broad SMARTS) is 1. The number of hydrogen-bond donors (Lipinski definition) is 5. The van der Waals surface area contributed by atoms with Gasteiger partial charge in [0.1, 0.15) is 18.6 Å². The van der Waals surface area contributed by atoms with Crippen LogP contribution >= 0.6 is 0 Å². The van der Waals surface area contributed by atoms with Crippen LogP contribution in [0.2, 0.25) is 0 Å². The summed E-state index contributed by atoms with van der Waals surface area (Å²) in [7, 11) is 0. The first-order valence-corrected chi connectivity index (χ1v) is 8.15. The third-order valence-electron chi connectivity index (χ3n) is 4.07. The number of aliphatic hydroxyl groups is 1. The van der Waals surface area contributed by atoms with Gasteiger partial charge in [-0.1, -0.05) is 13.8 Å². The van der Waals surface area contributed by atoms with E-state index in [2.05, 4.69) is 10.6 Å². The van der Waals surface area contributed by atoms with Crippen LogP contribution in [0.5, 0.6) is 0 Å². The second kappa shape index (κ2) is 9.33. The molecular formula is C15H26N4O6. The molecule has 0 aromatic carbocycles. The Morgan fingerprint density at radius 3 is 2.44 bits per heavy atom. The maximum atomic E-state index is 12.6. The van der Waals surface area contributed by atoms with Gasteiger partial charge in [0.25, 0.3) is 0 Å². The molecule has 1 heterocycles. The molecule has 1 saturated heterocycles. The summed E-state index contributed by atoms with van der Waals surface area (Å²) in [6, 6.07) is -2.85. The number of carboxylic acids is 1. The number of aliphatic hydroxyl groups excluding tert-OH is 1. The van der Waals surface area contributed by atoms with Crippen molar-refractivity contribution in [3.8, 4) is 0 Å². The van der Waals surface area contributed by atoms with Gasteiger partial charge in [-0.05, 0) is 18.8 Å². The quantitative estimate of drug-likeness (QED) is 0.324. The predicted molar refractivity (Wildman–Crippen MR) is 87.2 cm³/mol. The van der Waals surface area contributed by atoms with Crippen LogP contribution in [0.25, 0.3) is 0 Å². The van der Waals surface area contributed by atoms with E-state index in [4.69, 9.17) is 10.8 Å². The zero-order chi connectivity index (χ0) is 19.1. The second-order valence-electron chi connectivity index (χ2n) is 6.31. The number of nitrogens with one attached hydrogen (secondary N) is 2. The van der Waals surface area contributed by atoms with Crippen molar-refractivity contribution < 1.29 is 29.4 Å². The van der Waals surface area contributed by atoms with E-state index in [0.717, 1.165) is 0 Å². The average Bonchev–Trinajstić information content (AvgIpc) is 3.05. The van der Waals surface area contributed by atoms with Gasteiger partial charge < -0.3 is 31.5 Å². The summed E-state index contributed by atoms with van der Waals surface area (Å²) in [4.78, 5) is 48.4. The molecule has 1 rings (SSSR count). The fourth-order valence-corrected chi connectivity index (χ4v) is 2.54. The van der Waals surface area contributed by atoms with Gasteiger partial charge in [-0.2, -0.15) is 0 Å². The fraction of sp³-hybridized carbons (Fsp3) is 0.733. The van der Waals surface area contributed by atoms with Crippen LogP contribution in [0.3, 0.4) is 0 Å². The molecule has 0 aliphatic carbocycles. The van der Waals surface area contributed by atoms with E-state index in [1.165, 1.54) is 4.90 Å². The summed E-state index contributed by atoms with van der Waals surface area (Å²) in [5.74, 6) is -3.06. The monoisotopic (exact) mass is 358 g/mol. The molecule has 1 aliphatic heterocycles. The van der Waals surface area contributed by atoms with Crippen molar-refractivity contribution in [1.29, 1.82) is 0 Å². The number of amides is 3. The van der Waals surface area contributed by atoms with Gasteiger partial charge in [0.05, 0.1) is 12.6 Å². The molecule has 0 spiro atoms. The van der Waals surface area contributed by atoms with E-state index in [0.29, 0.717) is 12.8 Å². The van der Waals surface area contributed by atoms with Crippen LogP contribution < -0.4 is 16.4 Å². The molecule has 10 heteroatoms. The lowest BCUT2D eigenvalue weighted by Gasteiger charge is -2.28. The second-order valence-corrected chi connectivity index (χ2v) is 6.31. The number of aliphatic carboxylic acids is 1. The Bertz CT molecular complexity index is 524. The third kappa shape index (κ3) is 5.68. The van der Waals surface area contributed by atoms with Crippen molar-refractivity contribution in [2.75, 3.05) is 19.7 Å². The van der Waals surface area contributed by atoms with Crippen LogP contribution in [0.1, 0.15) is 26.7 Å². The van der Waals surface area contributed by atoms with Gasteiger partial charge in [-0.3, -0.25) is 19.2 Å². The summed E-state index contributed by atoms with van der Waals surface area (Å²) in [6.07, 6.45) is 0.948. The highest BCUT2D eigenvalue weighted by atomic mass is 16.4. The van der Waals surface area contributed by atoms with E-state index in [-0.39, 0.29) is 12.5 Å². The van der Waals surface area contributed by atoms with E-state index >= 15 is 0 Å². The molecule has 0 saturated carbocycles. The predicted octanol–water partition coefficient (Wildman–Crippen LogP) is -2.36. The zero-order valence-corrected chi connectivity index (χ0v) is 14.4. The molecule has 10 nitrogen and oxygen atoms in total. The molecule has 0 radical (unpaired) electrons. The number of nitrogens with zero attached hydrogens (tertiary/aromatic N) is 1. The van der Waals surface area contributed by atoms with Crippen LogP contribution in [0.4, 0.5) is 0 Å². The summed E-state index contributed by atoms with van der Waals surface area (Å²) in [6.45, 7) is 2.62. The molecule has 0 bridgehead atoms. The normalized spacial score (nSPS) is 19.4. The summed E-state index contributed by atoms with van der Waals surface area (Å²) in [5.41, 5.74) is 5.72. The van der Waals surface area contributed by atoms with E-state index < -0.39 is 55.0 Å². The summed E-state index contributed by atoms with van der Waals surface area (Å²) >= 11 is 0. The molecule has 1 fully saturated rings. The largest absolute Gasteiger partial charge is 0.480 e. The average molecular weight is 358 g/mol. The fourth-order valence-electron chi connectivity index (χ4n) is 2.54. The van der Waals surface area contributed by atoms with Crippen LogP contribution in [0, 0.1) is 5.92 Å². The number of carbonyl (C=O) groups is 4. The Morgan fingerprint density at radius 1 is 1.28 bits per heavy atom. The molecule has 0 aromatic rings. The smallest absolute Gasteiger partial charge is 0.322 e. The molecule has 1 aliphatic rings. The molecule has 3 atom stereocenters. The Labute approximate surface area is 145 Å². The van der Waals surface area contributed by atoms with Gasteiger partial charge in [0.15, 0.2) is 0 Å². The van der Waals surface area contributed by atoms with Crippen LogP contribution in [-0.4, -0.2) is 76.6 Å². The Morgan fingerprint density at radius 2 is 1.92 bits per heavy atom. The van der Waals surface area contributed by atoms with Crippen molar-refractivity contribution in [2.45, 2.75) is 44.8 Å². The first kappa shape index (κ1) is 20.8. The highest BCUT2D eigenvalue weighted by Gasteiger charge is 2.38. The Hall–Kier alpha value is -2.20. The van der Waals surface area contributed by atoms with Crippen LogP contribution in [0.15, 0.2) is 0 Å². The zero-order valence-electron chi connectivity index (χ0n) is 14.4. The number of carbonyl (C=O) groups excluding carboxylic acids is 3. The summed E-state index contributed by atoms with van der Waals surface area (Å²) < 4.78 is 0. The van der Waals surface area contributed by atoms with Crippen molar-refractivity contribution in [1.82, 2.24) is 15.5 Å². The van der Waals surface area contributed by atoms with Gasteiger partial charge in [0, 0.05) is 6.54 Å².